The summed E-state index contributed by atoms with van der Waals surface area (Å²) < 4.78 is 0. The first-order valence-corrected chi connectivity index (χ1v) is 11.7. The summed E-state index contributed by atoms with van der Waals surface area (Å²) in [5.74, 6) is 9.46. The minimum atomic E-state index is 0.877. The van der Waals surface area contributed by atoms with E-state index in [1.165, 1.54) is 38.5 Å². The van der Waals surface area contributed by atoms with E-state index in [4.69, 9.17) is 0 Å². The fourth-order valence-corrected chi connectivity index (χ4v) is 6.10. The van der Waals surface area contributed by atoms with Crippen molar-refractivity contribution < 1.29 is 0 Å². The van der Waals surface area contributed by atoms with Crippen molar-refractivity contribution in [3.8, 4) is 0 Å². The van der Waals surface area contributed by atoms with Gasteiger partial charge in [-0.15, -0.1) is 0 Å². The molecule has 2 aliphatic rings. The van der Waals surface area contributed by atoms with Crippen LogP contribution in [0.3, 0.4) is 0 Å². The minimum absolute atomic E-state index is 0.877. The highest BCUT2D eigenvalue weighted by molar-refractivity contribution is 4.87. The highest BCUT2D eigenvalue weighted by atomic mass is 14.4. The van der Waals surface area contributed by atoms with Crippen molar-refractivity contribution >= 4 is 0 Å². The van der Waals surface area contributed by atoms with E-state index in [0.29, 0.717) is 0 Å². The molecule has 0 aliphatic heterocycles. The van der Waals surface area contributed by atoms with E-state index in [1.807, 2.05) is 0 Å². The molecule has 4 atom stereocenters. The average Bonchev–Trinajstić information content (AvgIpc) is 2.53. The maximum atomic E-state index is 2.47. The molecule has 0 saturated heterocycles. The molecule has 0 aromatic heterocycles. The molecule has 148 valence electrons. The number of rotatable bonds is 6. The smallest absolute Gasteiger partial charge is 0.0386 e. The van der Waals surface area contributed by atoms with Crippen LogP contribution in [-0.4, -0.2) is 0 Å². The Balaban J connectivity index is 2.02. The maximum absolute atomic E-state index is 2.47. The lowest BCUT2D eigenvalue weighted by molar-refractivity contribution is 0.0745. The average molecular weight is 349 g/mol. The summed E-state index contributed by atoms with van der Waals surface area (Å²) in [6.45, 7) is 19.7. The highest BCUT2D eigenvalue weighted by Crippen LogP contribution is 2.47. The predicted molar refractivity (Wildman–Crippen MR) is 113 cm³/mol. The summed E-state index contributed by atoms with van der Waals surface area (Å²) >= 11 is 0. The second-order valence-electron chi connectivity index (χ2n) is 11.4. The van der Waals surface area contributed by atoms with E-state index < -0.39 is 0 Å². The molecular weight excluding hydrogens is 300 g/mol. The Morgan fingerprint density at radius 1 is 0.440 bits per heavy atom. The van der Waals surface area contributed by atoms with Crippen molar-refractivity contribution in [3.63, 3.8) is 0 Å². The molecule has 0 bridgehead atoms. The first-order valence-electron chi connectivity index (χ1n) is 11.7. The van der Waals surface area contributed by atoms with Gasteiger partial charge in [-0.25, -0.2) is 0 Å². The van der Waals surface area contributed by atoms with Crippen LogP contribution in [0.5, 0.6) is 0 Å². The van der Waals surface area contributed by atoms with Gasteiger partial charge in [-0.05, 0) is 104 Å². The quantitative estimate of drug-likeness (QED) is 0.455. The van der Waals surface area contributed by atoms with Crippen LogP contribution in [0, 0.1) is 59.2 Å². The van der Waals surface area contributed by atoms with Crippen LogP contribution in [-0.2, 0) is 0 Å². The van der Waals surface area contributed by atoms with E-state index in [1.54, 1.807) is 6.42 Å². The summed E-state index contributed by atoms with van der Waals surface area (Å²) in [6, 6.07) is 0. The van der Waals surface area contributed by atoms with Gasteiger partial charge in [0.15, 0.2) is 0 Å². The second-order valence-corrected chi connectivity index (χ2v) is 11.4. The van der Waals surface area contributed by atoms with Gasteiger partial charge in [0.05, 0.1) is 0 Å². The molecule has 0 nitrogen and oxygen atoms in total. The Bertz CT molecular complexity index is 309. The van der Waals surface area contributed by atoms with Gasteiger partial charge in [-0.3, -0.25) is 0 Å². The Hall–Kier alpha value is 0. The van der Waals surface area contributed by atoms with Crippen LogP contribution in [0.1, 0.15) is 100 Å². The molecule has 2 fully saturated rings. The molecule has 2 saturated carbocycles. The van der Waals surface area contributed by atoms with E-state index in [9.17, 15) is 0 Å². The summed E-state index contributed by atoms with van der Waals surface area (Å²) in [6.07, 6.45) is 10.6. The number of hydrogen-bond acceptors (Lipinski definition) is 0. The largest absolute Gasteiger partial charge is 0.0625 e. The second kappa shape index (κ2) is 9.27. The fraction of sp³-hybridized carbons (Fsp3) is 1.00. The molecule has 0 radical (unpaired) electrons. The third-order valence-electron chi connectivity index (χ3n) is 8.19. The first-order chi connectivity index (χ1) is 11.7. The van der Waals surface area contributed by atoms with Crippen LogP contribution < -0.4 is 0 Å². The third-order valence-corrected chi connectivity index (χ3v) is 8.19. The van der Waals surface area contributed by atoms with Crippen molar-refractivity contribution in [1.82, 2.24) is 0 Å². The monoisotopic (exact) mass is 348 g/mol. The molecule has 2 aliphatic carbocycles. The first kappa shape index (κ1) is 21.3. The molecule has 0 aromatic rings. The van der Waals surface area contributed by atoms with Crippen molar-refractivity contribution in [2.45, 2.75) is 100 Å². The van der Waals surface area contributed by atoms with Gasteiger partial charge in [-0.2, -0.15) is 0 Å². The van der Waals surface area contributed by atoms with Crippen LogP contribution >= 0.6 is 0 Å². The zero-order valence-corrected chi connectivity index (χ0v) is 18.7. The lowest BCUT2D eigenvalue weighted by Gasteiger charge is -2.43. The van der Waals surface area contributed by atoms with Gasteiger partial charge in [0.25, 0.3) is 0 Å². The molecule has 0 N–H and O–H groups in total. The molecule has 25 heavy (non-hydrogen) atoms. The summed E-state index contributed by atoms with van der Waals surface area (Å²) in [7, 11) is 0. The summed E-state index contributed by atoms with van der Waals surface area (Å²) in [4.78, 5) is 0. The molecule has 0 aromatic carbocycles. The molecule has 0 heteroatoms. The predicted octanol–water partition coefficient (Wildman–Crippen LogP) is 8.07. The van der Waals surface area contributed by atoms with E-state index in [-0.39, 0.29) is 0 Å². The van der Waals surface area contributed by atoms with Gasteiger partial charge < -0.3 is 0 Å². The van der Waals surface area contributed by atoms with Crippen molar-refractivity contribution in [3.05, 3.63) is 0 Å². The van der Waals surface area contributed by atoms with Gasteiger partial charge in [0.1, 0.15) is 0 Å². The number of hydrogen-bond donors (Lipinski definition) is 0. The summed E-state index contributed by atoms with van der Waals surface area (Å²) in [5.41, 5.74) is 0. The van der Waals surface area contributed by atoms with E-state index >= 15 is 0 Å². The Morgan fingerprint density at radius 2 is 0.680 bits per heavy atom. The molecule has 0 heterocycles. The zero-order valence-electron chi connectivity index (χ0n) is 18.7. The molecule has 4 unspecified atom stereocenters. The Labute approximate surface area is 159 Å². The Morgan fingerprint density at radius 3 is 0.880 bits per heavy atom. The van der Waals surface area contributed by atoms with E-state index in [2.05, 4.69) is 55.4 Å². The van der Waals surface area contributed by atoms with Crippen molar-refractivity contribution in [2.24, 2.45) is 59.2 Å². The lowest BCUT2D eigenvalue weighted by Crippen LogP contribution is -2.33. The van der Waals surface area contributed by atoms with E-state index in [0.717, 1.165) is 59.2 Å². The standard InChI is InChI=1S/C25H48/c1-16(2)22-10-20(11-23(14-22)17(3)4)9-21-12-24(18(5)6)15-25(13-21)19(7)8/h16-25H,9-15H2,1-8H3. The Kier molecular flexibility index (Phi) is 7.90. The van der Waals surface area contributed by atoms with Gasteiger partial charge >= 0.3 is 0 Å². The minimum Gasteiger partial charge on any atom is -0.0625 e. The SMILES string of the molecule is CC(C)C1CC(CC2CC(C(C)C)CC(C(C)C)C2)CC(C(C)C)C1. The fourth-order valence-electron chi connectivity index (χ4n) is 6.10. The van der Waals surface area contributed by atoms with Gasteiger partial charge in [0.2, 0.25) is 0 Å². The van der Waals surface area contributed by atoms with Crippen LogP contribution in [0.15, 0.2) is 0 Å². The maximum Gasteiger partial charge on any atom is -0.0386 e. The van der Waals surface area contributed by atoms with Gasteiger partial charge in [-0.1, -0.05) is 55.4 Å². The normalized spacial score (nSPS) is 37.4. The van der Waals surface area contributed by atoms with Crippen LogP contribution in [0.4, 0.5) is 0 Å². The molecule has 2 rings (SSSR count). The molecule has 0 spiro atoms. The van der Waals surface area contributed by atoms with Gasteiger partial charge in [0, 0.05) is 0 Å². The summed E-state index contributed by atoms with van der Waals surface area (Å²) in [5, 5.41) is 0. The third kappa shape index (κ3) is 6.00. The topological polar surface area (TPSA) is 0 Å². The molecular formula is C25H48. The highest BCUT2D eigenvalue weighted by Gasteiger charge is 2.36. The lowest BCUT2D eigenvalue weighted by atomic mass is 9.62. The van der Waals surface area contributed by atoms with Crippen molar-refractivity contribution in [1.29, 1.82) is 0 Å². The zero-order chi connectivity index (χ0) is 18.7. The molecule has 0 amide bonds. The van der Waals surface area contributed by atoms with Crippen molar-refractivity contribution in [2.75, 3.05) is 0 Å². The van der Waals surface area contributed by atoms with Crippen LogP contribution in [0.2, 0.25) is 0 Å². The van der Waals surface area contributed by atoms with Crippen LogP contribution in [0.25, 0.3) is 0 Å².